The van der Waals surface area contributed by atoms with E-state index in [-0.39, 0.29) is 17.2 Å². The van der Waals surface area contributed by atoms with Gasteiger partial charge in [-0.1, -0.05) is 64.1 Å². The molecule has 0 saturated heterocycles. The normalized spacial score (nSPS) is 13.6. The van der Waals surface area contributed by atoms with Crippen molar-refractivity contribution in [2.75, 3.05) is 6.26 Å². The van der Waals surface area contributed by atoms with E-state index in [1.807, 2.05) is 26.2 Å². The van der Waals surface area contributed by atoms with Gasteiger partial charge in [0.25, 0.3) is 0 Å². The molecule has 0 radical (unpaired) electrons. The Morgan fingerprint density at radius 1 is 1.26 bits per heavy atom. The van der Waals surface area contributed by atoms with E-state index in [2.05, 4.69) is 15.5 Å². The second kappa shape index (κ2) is 8.58. The van der Waals surface area contributed by atoms with Crippen LogP contribution in [0.25, 0.3) is 0 Å². The molecule has 9 heteroatoms. The summed E-state index contributed by atoms with van der Waals surface area (Å²) in [5, 5.41) is 11.9. The van der Waals surface area contributed by atoms with Gasteiger partial charge in [0, 0.05) is 10.0 Å². The van der Waals surface area contributed by atoms with Crippen LogP contribution in [0, 0.1) is 0 Å². The van der Waals surface area contributed by atoms with Crippen molar-refractivity contribution in [3.05, 3.63) is 33.8 Å². The summed E-state index contributed by atoms with van der Waals surface area (Å²) in [5.41, 5.74) is 0.835. The molecule has 0 bridgehead atoms. The molecule has 1 amide bonds. The van der Waals surface area contributed by atoms with Crippen LogP contribution in [0.15, 0.2) is 26.9 Å². The summed E-state index contributed by atoms with van der Waals surface area (Å²) in [6.07, 6.45) is 1.95. The fourth-order valence-electron chi connectivity index (χ4n) is 1.79. The van der Waals surface area contributed by atoms with Crippen LogP contribution in [0.2, 0.25) is 10.0 Å². The Morgan fingerprint density at radius 3 is 2.57 bits per heavy atom. The minimum absolute atomic E-state index is 0.0746. The molecule has 0 spiro atoms. The van der Waals surface area contributed by atoms with Crippen LogP contribution in [0.4, 0.5) is 0 Å². The summed E-state index contributed by atoms with van der Waals surface area (Å²) in [6, 6.07) is 5.05. The number of nitrogens with zero attached hydrogens (tertiary/aromatic N) is 2. The molecule has 1 heterocycles. The van der Waals surface area contributed by atoms with Gasteiger partial charge < -0.3 is 5.32 Å². The highest BCUT2D eigenvalue weighted by Gasteiger charge is 2.20. The minimum Gasteiger partial charge on any atom is -0.349 e. The van der Waals surface area contributed by atoms with E-state index in [1.54, 1.807) is 23.9 Å². The second-order valence-corrected chi connectivity index (χ2v) is 9.16. The number of rotatable bonds is 6. The lowest BCUT2D eigenvalue weighted by Gasteiger charge is -2.18. The molecule has 0 aliphatic rings. The average Bonchev–Trinajstić information content (AvgIpc) is 2.94. The Balaban J connectivity index is 1.97. The van der Waals surface area contributed by atoms with Gasteiger partial charge in [0.2, 0.25) is 5.91 Å². The molecular formula is C14H15Cl2N3OS3. The number of halogens is 2. The second-order valence-electron chi connectivity index (χ2n) is 4.69. The van der Waals surface area contributed by atoms with Crippen molar-refractivity contribution in [2.24, 2.45) is 0 Å². The minimum atomic E-state index is -0.272. The van der Waals surface area contributed by atoms with E-state index in [1.165, 1.54) is 23.1 Å². The summed E-state index contributed by atoms with van der Waals surface area (Å²) in [4.78, 5) is 12.3. The van der Waals surface area contributed by atoms with E-state index in [0.29, 0.717) is 10.0 Å². The van der Waals surface area contributed by atoms with E-state index in [9.17, 15) is 4.79 Å². The van der Waals surface area contributed by atoms with Gasteiger partial charge in [-0.15, -0.1) is 10.2 Å². The first-order valence-corrected chi connectivity index (χ1v) is 10.4. The molecule has 1 aromatic heterocycles. The zero-order valence-corrected chi connectivity index (χ0v) is 16.6. The van der Waals surface area contributed by atoms with Crippen LogP contribution in [-0.2, 0) is 4.79 Å². The Labute approximate surface area is 157 Å². The summed E-state index contributed by atoms with van der Waals surface area (Å²) in [5.74, 6) is -0.0746. The van der Waals surface area contributed by atoms with E-state index < -0.39 is 0 Å². The molecule has 0 aliphatic carbocycles. The molecule has 2 rings (SSSR count). The van der Waals surface area contributed by atoms with E-state index in [0.717, 1.165) is 14.2 Å². The van der Waals surface area contributed by atoms with Gasteiger partial charge in [0.05, 0.1) is 11.3 Å². The number of benzene rings is 1. The lowest BCUT2D eigenvalue weighted by Crippen LogP contribution is -2.33. The van der Waals surface area contributed by atoms with Crippen molar-refractivity contribution >= 4 is 64.0 Å². The first-order valence-electron chi connectivity index (χ1n) is 6.70. The zero-order valence-electron chi connectivity index (χ0n) is 12.7. The molecule has 23 heavy (non-hydrogen) atoms. The lowest BCUT2D eigenvalue weighted by atomic mass is 10.1. The Hall–Kier alpha value is -0.470. The third-order valence-corrected chi connectivity index (χ3v) is 6.64. The van der Waals surface area contributed by atoms with Crippen molar-refractivity contribution in [1.82, 2.24) is 15.5 Å². The summed E-state index contributed by atoms with van der Waals surface area (Å²) in [6.45, 7) is 3.73. The Kier molecular flexibility index (Phi) is 7.03. The molecule has 2 aromatic rings. The van der Waals surface area contributed by atoms with Crippen molar-refractivity contribution in [3.8, 4) is 0 Å². The van der Waals surface area contributed by atoms with Crippen molar-refractivity contribution in [3.63, 3.8) is 0 Å². The van der Waals surface area contributed by atoms with Crippen LogP contribution in [0.3, 0.4) is 0 Å². The smallest absolute Gasteiger partial charge is 0.233 e. The SMILES string of the molecule is CSc1nnc(SC(C)C(=O)NC(C)c2ccc(Cl)cc2Cl)s1. The molecule has 0 saturated carbocycles. The zero-order chi connectivity index (χ0) is 17.0. The standard InChI is InChI=1S/C14H15Cl2N3OS3/c1-7(10-5-4-9(15)6-11(10)16)17-12(20)8(2)22-14-19-18-13(21-3)23-14/h4-8H,1-3H3,(H,17,20). The highest BCUT2D eigenvalue weighted by atomic mass is 35.5. The quantitative estimate of drug-likeness (QED) is 0.688. The molecule has 2 atom stereocenters. The Bertz CT molecular complexity index is 696. The van der Waals surface area contributed by atoms with Crippen LogP contribution < -0.4 is 5.32 Å². The molecule has 4 nitrogen and oxygen atoms in total. The van der Waals surface area contributed by atoms with Crippen molar-refractivity contribution in [2.45, 2.75) is 33.8 Å². The number of nitrogens with one attached hydrogen (secondary N) is 1. The first kappa shape index (κ1) is 18.9. The number of amides is 1. The summed E-state index contributed by atoms with van der Waals surface area (Å²) in [7, 11) is 0. The number of carbonyl (C=O) groups excluding carboxylic acids is 1. The number of hydrogen-bond donors (Lipinski definition) is 1. The number of hydrogen-bond acceptors (Lipinski definition) is 6. The summed E-state index contributed by atoms with van der Waals surface area (Å²) < 4.78 is 1.68. The van der Waals surface area contributed by atoms with Crippen LogP contribution in [0.5, 0.6) is 0 Å². The van der Waals surface area contributed by atoms with E-state index >= 15 is 0 Å². The maximum atomic E-state index is 12.3. The van der Waals surface area contributed by atoms with Gasteiger partial charge in [-0.3, -0.25) is 4.79 Å². The van der Waals surface area contributed by atoms with Crippen LogP contribution in [0.1, 0.15) is 25.5 Å². The fourth-order valence-corrected chi connectivity index (χ4v) is 4.96. The van der Waals surface area contributed by atoms with Crippen molar-refractivity contribution in [1.29, 1.82) is 0 Å². The van der Waals surface area contributed by atoms with Crippen LogP contribution in [-0.4, -0.2) is 27.6 Å². The molecule has 1 N–H and O–H groups in total. The molecular weight excluding hydrogens is 393 g/mol. The average molecular weight is 408 g/mol. The van der Waals surface area contributed by atoms with Crippen molar-refractivity contribution < 1.29 is 4.79 Å². The highest BCUT2D eigenvalue weighted by molar-refractivity contribution is 8.03. The maximum Gasteiger partial charge on any atom is 0.233 e. The lowest BCUT2D eigenvalue weighted by molar-refractivity contribution is -0.120. The van der Waals surface area contributed by atoms with Crippen LogP contribution >= 0.6 is 58.1 Å². The van der Waals surface area contributed by atoms with Gasteiger partial charge in [0.15, 0.2) is 8.68 Å². The van der Waals surface area contributed by atoms with Gasteiger partial charge in [-0.05, 0) is 37.8 Å². The van der Waals surface area contributed by atoms with Gasteiger partial charge >= 0.3 is 0 Å². The predicted molar refractivity (Wildman–Crippen MR) is 100 cm³/mol. The monoisotopic (exact) mass is 407 g/mol. The largest absolute Gasteiger partial charge is 0.349 e. The number of aromatic nitrogens is 2. The number of thioether (sulfide) groups is 2. The highest BCUT2D eigenvalue weighted by Crippen LogP contribution is 2.31. The molecule has 124 valence electrons. The molecule has 0 fully saturated rings. The first-order chi connectivity index (χ1) is 10.9. The van der Waals surface area contributed by atoms with Gasteiger partial charge in [-0.25, -0.2) is 0 Å². The molecule has 2 unspecified atom stereocenters. The van der Waals surface area contributed by atoms with E-state index in [4.69, 9.17) is 23.2 Å². The Morgan fingerprint density at radius 2 is 1.96 bits per heavy atom. The third kappa shape index (κ3) is 5.26. The molecule has 0 aliphatic heterocycles. The summed E-state index contributed by atoms with van der Waals surface area (Å²) >= 11 is 16.5. The molecule has 1 aromatic carbocycles. The maximum absolute atomic E-state index is 12.3. The number of carbonyl (C=O) groups is 1. The van der Waals surface area contributed by atoms with Gasteiger partial charge in [-0.2, -0.15) is 0 Å². The predicted octanol–water partition coefficient (Wildman–Crippen LogP) is 4.92. The topological polar surface area (TPSA) is 54.9 Å². The van der Waals surface area contributed by atoms with Gasteiger partial charge in [0.1, 0.15) is 0 Å². The fraction of sp³-hybridized carbons (Fsp3) is 0.357. The third-order valence-electron chi connectivity index (χ3n) is 3.00.